The first-order chi connectivity index (χ1) is 9.25. The van der Waals surface area contributed by atoms with Gasteiger partial charge in [-0.2, -0.15) is 5.10 Å². The van der Waals surface area contributed by atoms with E-state index in [0.717, 1.165) is 18.4 Å². The fourth-order valence-electron chi connectivity index (χ4n) is 2.55. The van der Waals surface area contributed by atoms with E-state index in [4.69, 9.17) is 0 Å². The SMILES string of the molecule is C[C@H](CCC(=O)NCCc1cn[nH]c1)N1CCCC1. The van der Waals surface area contributed by atoms with Crippen LogP contribution in [0.1, 0.15) is 38.2 Å². The van der Waals surface area contributed by atoms with Gasteiger partial charge in [-0.1, -0.05) is 0 Å². The summed E-state index contributed by atoms with van der Waals surface area (Å²) < 4.78 is 0. The first-order valence-corrected chi connectivity index (χ1v) is 7.24. The molecule has 5 heteroatoms. The smallest absolute Gasteiger partial charge is 0.220 e. The van der Waals surface area contributed by atoms with Crippen LogP contribution >= 0.6 is 0 Å². The summed E-state index contributed by atoms with van der Waals surface area (Å²) in [7, 11) is 0. The quantitative estimate of drug-likeness (QED) is 0.781. The molecule has 2 heterocycles. The Balaban J connectivity index is 1.56. The van der Waals surface area contributed by atoms with Gasteiger partial charge in [0, 0.05) is 25.2 Å². The van der Waals surface area contributed by atoms with Crippen LogP contribution in [0.15, 0.2) is 12.4 Å². The summed E-state index contributed by atoms with van der Waals surface area (Å²) in [5, 5.41) is 9.62. The largest absolute Gasteiger partial charge is 0.356 e. The molecule has 19 heavy (non-hydrogen) atoms. The second-order valence-corrected chi connectivity index (χ2v) is 5.34. The van der Waals surface area contributed by atoms with Crippen molar-refractivity contribution in [1.29, 1.82) is 0 Å². The monoisotopic (exact) mass is 264 g/mol. The van der Waals surface area contributed by atoms with Gasteiger partial charge in [-0.05, 0) is 51.3 Å². The molecule has 1 aliphatic heterocycles. The van der Waals surface area contributed by atoms with Crippen molar-refractivity contribution in [2.45, 2.75) is 45.1 Å². The zero-order chi connectivity index (χ0) is 13.5. The van der Waals surface area contributed by atoms with Crippen molar-refractivity contribution >= 4 is 5.91 Å². The van der Waals surface area contributed by atoms with Crippen LogP contribution in [0, 0.1) is 0 Å². The average Bonchev–Trinajstić information content (AvgIpc) is 3.08. The van der Waals surface area contributed by atoms with Gasteiger partial charge in [0.1, 0.15) is 0 Å². The van der Waals surface area contributed by atoms with Gasteiger partial charge in [0.05, 0.1) is 6.20 Å². The zero-order valence-corrected chi connectivity index (χ0v) is 11.7. The number of hydrogen-bond acceptors (Lipinski definition) is 3. The van der Waals surface area contributed by atoms with E-state index in [2.05, 4.69) is 27.3 Å². The number of nitrogens with one attached hydrogen (secondary N) is 2. The predicted molar refractivity (Wildman–Crippen MR) is 74.8 cm³/mol. The Hall–Kier alpha value is -1.36. The number of rotatable bonds is 7. The maximum Gasteiger partial charge on any atom is 0.220 e. The highest BCUT2D eigenvalue weighted by Crippen LogP contribution is 2.14. The van der Waals surface area contributed by atoms with E-state index in [0.29, 0.717) is 19.0 Å². The Kier molecular flexibility index (Phi) is 5.39. The molecule has 0 bridgehead atoms. The molecule has 0 radical (unpaired) electrons. The van der Waals surface area contributed by atoms with E-state index < -0.39 is 0 Å². The third-order valence-corrected chi connectivity index (χ3v) is 3.84. The summed E-state index contributed by atoms with van der Waals surface area (Å²) in [6.07, 6.45) is 8.69. The number of carbonyl (C=O) groups is 1. The molecule has 1 amide bonds. The first kappa shape index (κ1) is 14.1. The van der Waals surface area contributed by atoms with Gasteiger partial charge in [-0.25, -0.2) is 0 Å². The molecule has 0 unspecified atom stereocenters. The number of H-pyrrole nitrogens is 1. The molecule has 106 valence electrons. The summed E-state index contributed by atoms with van der Waals surface area (Å²) >= 11 is 0. The molecule has 1 saturated heterocycles. The molecule has 0 aromatic carbocycles. The highest BCUT2D eigenvalue weighted by atomic mass is 16.1. The number of likely N-dealkylation sites (tertiary alicyclic amines) is 1. The van der Waals surface area contributed by atoms with E-state index in [1.54, 1.807) is 6.20 Å². The minimum Gasteiger partial charge on any atom is -0.356 e. The number of aromatic amines is 1. The Bertz CT molecular complexity index is 371. The van der Waals surface area contributed by atoms with Crippen molar-refractivity contribution in [3.05, 3.63) is 18.0 Å². The van der Waals surface area contributed by atoms with Crippen molar-refractivity contribution < 1.29 is 4.79 Å². The van der Waals surface area contributed by atoms with Crippen molar-refractivity contribution in [3.63, 3.8) is 0 Å². The lowest BCUT2D eigenvalue weighted by Crippen LogP contribution is -2.32. The lowest BCUT2D eigenvalue weighted by atomic mass is 10.1. The number of aromatic nitrogens is 2. The minimum atomic E-state index is 0.162. The molecule has 1 aromatic heterocycles. The molecule has 0 aliphatic carbocycles. The van der Waals surface area contributed by atoms with Gasteiger partial charge in [0.2, 0.25) is 5.91 Å². The van der Waals surface area contributed by atoms with Gasteiger partial charge >= 0.3 is 0 Å². The first-order valence-electron chi connectivity index (χ1n) is 7.24. The van der Waals surface area contributed by atoms with Crippen molar-refractivity contribution in [2.24, 2.45) is 0 Å². The van der Waals surface area contributed by atoms with Gasteiger partial charge in [0.25, 0.3) is 0 Å². The minimum absolute atomic E-state index is 0.162. The van der Waals surface area contributed by atoms with Crippen molar-refractivity contribution in [1.82, 2.24) is 20.4 Å². The van der Waals surface area contributed by atoms with E-state index >= 15 is 0 Å². The average molecular weight is 264 g/mol. The molecule has 1 fully saturated rings. The van der Waals surface area contributed by atoms with Gasteiger partial charge in [-0.15, -0.1) is 0 Å². The lowest BCUT2D eigenvalue weighted by Gasteiger charge is -2.23. The maximum absolute atomic E-state index is 11.7. The number of nitrogens with zero attached hydrogens (tertiary/aromatic N) is 2. The fraction of sp³-hybridized carbons (Fsp3) is 0.714. The summed E-state index contributed by atoms with van der Waals surface area (Å²) in [6.45, 7) is 5.31. The zero-order valence-electron chi connectivity index (χ0n) is 11.7. The van der Waals surface area contributed by atoms with E-state index in [-0.39, 0.29) is 5.91 Å². The molecule has 2 rings (SSSR count). The maximum atomic E-state index is 11.7. The fourth-order valence-corrected chi connectivity index (χ4v) is 2.55. The molecule has 2 N–H and O–H groups in total. The molecule has 0 saturated carbocycles. The summed E-state index contributed by atoms with van der Waals surface area (Å²) in [6, 6.07) is 0.530. The van der Waals surface area contributed by atoms with Crippen LogP contribution in [-0.4, -0.2) is 46.7 Å². The Morgan fingerprint density at radius 3 is 3.00 bits per heavy atom. The van der Waals surface area contributed by atoms with Crippen molar-refractivity contribution in [2.75, 3.05) is 19.6 Å². The van der Waals surface area contributed by atoms with Crippen LogP contribution in [0.2, 0.25) is 0 Å². The second-order valence-electron chi connectivity index (χ2n) is 5.34. The number of amides is 1. The van der Waals surface area contributed by atoms with Crippen LogP contribution in [0.25, 0.3) is 0 Å². The lowest BCUT2D eigenvalue weighted by molar-refractivity contribution is -0.121. The second kappa shape index (κ2) is 7.28. The van der Waals surface area contributed by atoms with E-state index in [1.165, 1.54) is 25.9 Å². The van der Waals surface area contributed by atoms with E-state index in [9.17, 15) is 4.79 Å². The standard InChI is InChI=1S/C14H24N4O/c1-12(18-8-2-3-9-18)4-5-14(19)15-7-6-13-10-16-17-11-13/h10-12H,2-9H2,1H3,(H,15,19)(H,16,17)/t12-/m1/s1. The summed E-state index contributed by atoms with van der Waals surface area (Å²) in [5.74, 6) is 0.162. The molecule has 5 nitrogen and oxygen atoms in total. The van der Waals surface area contributed by atoms with Gasteiger partial charge in [-0.3, -0.25) is 9.89 Å². The number of carbonyl (C=O) groups excluding carboxylic acids is 1. The van der Waals surface area contributed by atoms with Crippen LogP contribution < -0.4 is 5.32 Å². The third-order valence-electron chi connectivity index (χ3n) is 3.84. The third kappa shape index (κ3) is 4.67. The van der Waals surface area contributed by atoms with Crippen LogP contribution in [0.5, 0.6) is 0 Å². The predicted octanol–water partition coefficient (Wildman–Crippen LogP) is 1.33. The van der Waals surface area contributed by atoms with Crippen molar-refractivity contribution in [3.8, 4) is 0 Å². The van der Waals surface area contributed by atoms with E-state index in [1.807, 2.05) is 6.20 Å². The Morgan fingerprint density at radius 1 is 1.53 bits per heavy atom. The summed E-state index contributed by atoms with van der Waals surface area (Å²) in [4.78, 5) is 14.2. The van der Waals surface area contributed by atoms with Crippen LogP contribution in [0.4, 0.5) is 0 Å². The Morgan fingerprint density at radius 2 is 2.32 bits per heavy atom. The molecular weight excluding hydrogens is 240 g/mol. The van der Waals surface area contributed by atoms with Crippen LogP contribution in [0.3, 0.4) is 0 Å². The number of hydrogen-bond donors (Lipinski definition) is 2. The highest BCUT2D eigenvalue weighted by molar-refractivity contribution is 5.75. The highest BCUT2D eigenvalue weighted by Gasteiger charge is 2.18. The van der Waals surface area contributed by atoms with Crippen LogP contribution in [-0.2, 0) is 11.2 Å². The molecule has 1 atom stereocenters. The molecule has 1 aromatic rings. The topological polar surface area (TPSA) is 61.0 Å². The summed E-state index contributed by atoms with van der Waals surface area (Å²) in [5.41, 5.74) is 1.13. The normalized spacial score (nSPS) is 17.5. The molecular formula is C14H24N4O. The van der Waals surface area contributed by atoms with Gasteiger partial charge < -0.3 is 10.2 Å². The van der Waals surface area contributed by atoms with Gasteiger partial charge in [0.15, 0.2) is 0 Å². The molecule has 0 spiro atoms. The Labute approximate surface area is 114 Å². The molecule has 1 aliphatic rings.